The number of hydrogen-bond donors (Lipinski definition) is 1. The second-order valence-corrected chi connectivity index (χ2v) is 9.31. The van der Waals surface area contributed by atoms with Gasteiger partial charge in [-0.15, -0.1) is 11.8 Å². The van der Waals surface area contributed by atoms with E-state index in [0.29, 0.717) is 28.3 Å². The number of amides is 2. The number of carbonyl (C=O) groups excluding carboxylic acids is 2. The van der Waals surface area contributed by atoms with Gasteiger partial charge in [-0.25, -0.2) is 4.39 Å². The van der Waals surface area contributed by atoms with Gasteiger partial charge in [-0.2, -0.15) is 0 Å². The second kappa shape index (κ2) is 10.2. The third-order valence-corrected chi connectivity index (χ3v) is 7.13. The molecular formula is C26H24ClFN2O4S. The zero-order chi connectivity index (χ0) is 25.3. The highest BCUT2D eigenvalue weighted by Gasteiger charge is 2.43. The van der Waals surface area contributed by atoms with E-state index in [1.165, 1.54) is 32.4 Å². The van der Waals surface area contributed by atoms with E-state index in [0.717, 1.165) is 10.5 Å². The van der Waals surface area contributed by atoms with E-state index in [4.69, 9.17) is 21.1 Å². The Labute approximate surface area is 212 Å². The molecule has 1 aliphatic rings. The monoisotopic (exact) mass is 514 g/mol. The SMILES string of the molecule is COc1cc2c(cc1OC)[C@H](C(=O)Nc1ccc(F)c(Cl)c1)[C@@H](c1ccc(SC)cc1)N(C)C2=O. The highest BCUT2D eigenvalue weighted by Crippen LogP contribution is 2.46. The van der Waals surface area contributed by atoms with Gasteiger partial charge in [-0.1, -0.05) is 23.7 Å². The number of nitrogens with one attached hydrogen (secondary N) is 1. The Bertz CT molecular complexity index is 1290. The van der Waals surface area contributed by atoms with Crippen molar-refractivity contribution in [1.29, 1.82) is 0 Å². The number of rotatable bonds is 6. The summed E-state index contributed by atoms with van der Waals surface area (Å²) in [6, 6.07) is 14.4. The van der Waals surface area contributed by atoms with E-state index in [1.807, 2.05) is 30.5 Å². The van der Waals surface area contributed by atoms with Gasteiger partial charge in [-0.3, -0.25) is 9.59 Å². The predicted molar refractivity (Wildman–Crippen MR) is 135 cm³/mol. The summed E-state index contributed by atoms with van der Waals surface area (Å²) in [6.45, 7) is 0. The Morgan fingerprint density at radius 3 is 2.31 bits per heavy atom. The molecule has 0 spiro atoms. The molecule has 4 rings (SSSR count). The van der Waals surface area contributed by atoms with E-state index in [-0.39, 0.29) is 16.8 Å². The minimum atomic E-state index is -0.795. The summed E-state index contributed by atoms with van der Waals surface area (Å²) in [4.78, 5) is 29.8. The molecule has 3 aromatic rings. The van der Waals surface area contributed by atoms with Crippen molar-refractivity contribution in [2.24, 2.45) is 0 Å². The van der Waals surface area contributed by atoms with Crippen LogP contribution in [0.1, 0.15) is 33.4 Å². The maximum absolute atomic E-state index is 13.8. The van der Waals surface area contributed by atoms with Crippen molar-refractivity contribution in [1.82, 2.24) is 4.90 Å². The second-order valence-electron chi connectivity index (χ2n) is 8.02. The fourth-order valence-corrected chi connectivity index (χ4v) is 4.93. The van der Waals surface area contributed by atoms with Crippen LogP contribution in [-0.2, 0) is 4.79 Å². The number of ether oxygens (including phenoxy) is 2. The quantitative estimate of drug-likeness (QED) is 0.423. The minimum absolute atomic E-state index is 0.102. The number of anilines is 1. The molecule has 0 unspecified atom stereocenters. The summed E-state index contributed by atoms with van der Waals surface area (Å²) in [5.74, 6) is -1.20. The molecule has 0 saturated carbocycles. The van der Waals surface area contributed by atoms with E-state index in [9.17, 15) is 14.0 Å². The van der Waals surface area contributed by atoms with Gasteiger partial charge in [0, 0.05) is 23.2 Å². The van der Waals surface area contributed by atoms with Crippen LogP contribution < -0.4 is 14.8 Å². The molecule has 6 nitrogen and oxygen atoms in total. The molecule has 2 amide bonds. The lowest BCUT2D eigenvalue weighted by molar-refractivity contribution is -0.119. The van der Waals surface area contributed by atoms with Crippen molar-refractivity contribution >= 4 is 40.9 Å². The van der Waals surface area contributed by atoms with Crippen molar-refractivity contribution in [3.8, 4) is 11.5 Å². The first-order valence-electron chi connectivity index (χ1n) is 10.7. The van der Waals surface area contributed by atoms with E-state index < -0.39 is 17.8 Å². The third kappa shape index (κ3) is 4.68. The molecule has 0 bridgehead atoms. The largest absolute Gasteiger partial charge is 0.493 e. The average Bonchev–Trinajstić information content (AvgIpc) is 2.87. The van der Waals surface area contributed by atoms with Gasteiger partial charge >= 0.3 is 0 Å². The van der Waals surface area contributed by atoms with Crippen LogP contribution in [0.5, 0.6) is 11.5 Å². The zero-order valence-electron chi connectivity index (χ0n) is 19.6. The lowest BCUT2D eigenvalue weighted by Crippen LogP contribution is -2.44. The van der Waals surface area contributed by atoms with Crippen LogP contribution in [0.25, 0.3) is 0 Å². The van der Waals surface area contributed by atoms with Gasteiger partial charge in [0.1, 0.15) is 5.82 Å². The van der Waals surface area contributed by atoms with Gasteiger partial charge in [0.25, 0.3) is 5.91 Å². The fourth-order valence-electron chi connectivity index (χ4n) is 4.34. The van der Waals surface area contributed by atoms with E-state index in [1.54, 1.807) is 35.8 Å². The Balaban J connectivity index is 1.86. The highest BCUT2D eigenvalue weighted by atomic mass is 35.5. The number of carbonyl (C=O) groups is 2. The van der Waals surface area contributed by atoms with Crippen LogP contribution in [0.3, 0.4) is 0 Å². The van der Waals surface area contributed by atoms with E-state index in [2.05, 4.69) is 5.32 Å². The maximum Gasteiger partial charge on any atom is 0.254 e. The average molecular weight is 515 g/mol. The first kappa shape index (κ1) is 24.9. The Morgan fingerprint density at radius 1 is 1.06 bits per heavy atom. The zero-order valence-corrected chi connectivity index (χ0v) is 21.2. The number of halogens is 2. The Morgan fingerprint density at radius 2 is 1.71 bits per heavy atom. The van der Waals surface area contributed by atoms with E-state index >= 15 is 0 Å². The van der Waals surface area contributed by atoms with Crippen LogP contribution in [0.4, 0.5) is 10.1 Å². The molecule has 1 heterocycles. The first-order chi connectivity index (χ1) is 16.8. The van der Waals surface area contributed by atoms with Gasteiger partial charge in [0.15, 0.2) is 11.5 Å². The van der Waals surface area contributed by atoms with Crippen molar-refractivity contribution in [2.45, 2.75) is 16.9 Å². The summed E-state index contributed by atoms with van der Waals surface area (Å²) >= 11 is 7.52. The Kier molecular flexibility index (Phi) is 7.23. The molecule has 0 fully saturated rings. The van der Waals surface area contributed by atoms with Crippen LogP contribution in [0.2, 0.25) is 5.02 Å². The molecule has 0 saturated heterocycles. The van der Waals surface area contributed by atoms with Gasteiger partial charge in [-0.05, 0) is 59.8 Å². The number of thioether (sulfide) groups is 1. The number of methoxy groups -OCH3 is 2. The Hall–Kier alpha value is -3.23. The number of benzene rings is 3. The molecule has 182 valence electrons. The standard InChI is InChI=1S/C26H24ClFN2O4S/c1-30-24(14-5-8-16(35-4)9-6-14)23(25(31)29-15-7-10-20(28)19(27)11-15)17-12-21(33-2)22(34-3)13-18(17)26(30)32/h5-13,23-24H,1-4H3,(H,29,31)/t23-,24+/m0/s1. The summed E-state index contributed by atoms with van der Waals surface area (Å²) in [5, 5.41) is 2.74. The maximum atomic E-state index is 13.8. The van der Waals surface area contributed by atoms with Crippen LogP contribution >= 0.6 is 23.4 Å². The number of hydrogen-bond acceptors (Lipinski definition) is 5. The van der Waals surface area contributed by atoms with Crippen molar-refractivity contribution in [3.05, 3.63) is 82.1 Å². The van der Waals surface area contributed by atoms with Crippen LogP contribution in [0, 0.1) is 5.82 Å². The fraction of sp³-hybridized carbons (Fsp3) is 0.231. The van der Waals surface area contributed by atoms with Crippen molar-refractivity contribution in [3.63, 3.8) is 0 Å². The first-order valence-corrected chi connectivity index (χ1v) is 12.3. The summed E-state index contributed by atoms with van der Waals surface area (Å²) in [7, 11) is 4.65. The van der Waals surface area contributed by atoms with Crippen LogP contribution in [-0.4, -0.2) is 44.2 Å². The molecule has 0 radical (unpaired) electrons. The summed E-state index contributed by atoms with van der Waals surface area (Å²) < 4.78 is 24.5. The predicted octanol–water partition coefficient (Wildman–Crippen LogP) is 5.77. The van der Waals surface area contributed by atoms with Crippen molar-refractivity contribution < 1.29 is 23.5 Å². The highest BCUT2D eigenvalue weighted by molar-refractivity contribution is 7.98. The van der Waals surface area contributed by atoms with Crippen molar-refractivity contribution in [2.75, 3.05) is 32.8 Å². The molecule has 1 N–H and O–H groups in total. The molecule has 2 atom stereocenters. The van der Waals surface area contributed by atoms with Gasteiger partial charge in [0.2, 0.25) is 5.91 Å². The molecular weight excluding hydrogens is 491 g/mol. The molecule has 1 aliphatic heterocycles. The lowest BCUT2D eigenvalue weighted by atomic mass is 9.79. The van der Waals surface area contributed by atoms with Gasteiger partial charge < -0.3 is 19.7 Å². The lowest BCUT2D eigenvalue weighted by Gasteiger charge is -2.40. The smallest absolute Gasteiger partial charge is 0.254 e. The summed E-state index contributed by atoms with van der Waals surface area (Å²) in [6.07, 6.45) is 1.98. The molecule has 35 heavy (non-hydrogen) atoms. The summed E-state index contributed by atoms with van der Waals surface area (Å²) in [5.41, 5.74) is 2.01. The van der Waals surface area contributed by atoms with Crippen LogP contribution in [0.15, 0.2) is 59.5 Å². The number of likely N-dealkylation sites (N-methyl/N-ethyl adjacent to an activating group) is 1. The normalized spacial score (nSPS) is 17.1. The molecule has 3 aromatic carbocycles. The molecule has 0 aromatic heterocycles. The number of nitrogens with zero attached hydrogens (tertiary/aromatic N) is 1. The minimum Gasteiger partial charge on any atom is -0.493 e. The molecule has 9 heteroatoms. The third-order valence-electron chi connectivity index (χ3n) is 6.10. The number of fused-ring (bicyclic) bond motifs is 1. The molecule has 0 aliphatic carbocycles. The van der Waals surface area contributed by atoms with Gasteiger partial charge in [0.05, 0.1) is 31.2 Å². The topological polar surface area (TPSA) is 67.9 Å².